The molecule has 1 atom stereocenters. The van der Waals surface area contributed by atoms with Crippen LogP contribution in [-0.4, -0.2) is 29.4 Å². The molecule has 0 aliphatic rings. The van der Waals surface area contributed by atoms with Crippen LogP contribution in [0.25, 0.3) is 0 Å². The van der Waals surface area contributed by atoms with Crippen LogP contribution >= 0.6 is 0 Å². The zero-order chi connectivity index (χ0) is 13.0. The van der Waals surface area contributed by atoms with Crippen LogP contribution in [0.5, 0.6) is 5.75 Å². The quantitative estimate of drug-likeness (QED) is 0.729. The van der Waals surface area contributed by atoms with Crippen LogP contribution in [0, 0.1) is 0 Å². The van der Waals surface area contributed by atoms with E-state index in [9.17, 15) is 5.11 Å². The van der Waals surface area contributed by atoms with Crippen LogP contribution in [-0.2, 0) is 0 Å². The fraction of sp³-hybridized carbons (Fsp3) is 0.538. The minimum Gasteiger partial charge on any atom is -0.508 e. The summed E-state index contributed by atoms with van der Waals surface area (Å²) >= 11 is 0. The highest BCUT2D eigenvalue weighted by molar-refractivity contribution is 5.54. The number of anilines is 1. The normalized spacial score (nSPS) is 12.8. The zero-order valence-corrected chi connectivity index (χ0v) is 10.7. The number of hydrogen-bond donors (Lipinski definition) is 3. The first kappa shape index (κ1) is 13.8. The van der Waals surface area contributed by atoms with Crippen molar-refractivity contribution < 1.29 is 10.2 Å². The van der Waals surface area contributed by atoms with Crippen molar-refractivity contribution in [1.29, 1.82) is 0 Å². The SMILES string of the molecule is CC(N)c1ccc(N(CCO)C(C)C)cc1O. The molecule has 0 heterocycles. The van der Waals surface area contributed by atoms with Crippen LogP contribution in [0.4, 0.5) is 5.69 Å². The summed E-state index contributed by atoms with van der Waals surface area (Å²) in [5, 5.41) is 18.9. The molecule has 96 valence electrons. The summed E-state index contributed by atoms with van der Waals surface area (Å²) in [6.07, 6.45) is 0. The highest BCUT2D eigenvalue weighted by Crippen LogP contribution is 2.28. The second kappa shape index (κ2) is 5.89. The number of aliphatic hydroxyl groups is 1. The predicted octanol–water partition coefficient (Wildman–Crippen LogP) is 1.62. The van der Waals surface area contributed by atoms with Crippen molar-refractivity contribution in [3.8, 4) is 5.75 Å². The zero-order valence-electron chi connectivity index (χ0n) is 10.7. The Morgan fingerprint density at radius 3 is 2.35 bits per heavy atom. The third kappa shape index (κ3) is 3.35. The van der Waals surface area contributed by atoms with E-state index in [0.29, 0.717) is 6.54 Å². The van der Waals surface area contributed by atoms with E-state index < -0.39 is 0 Å². The maximum absolute atomic E-state index is 9.89. The van der Waals surface area contributed by atoms with Crippen molar-refractivity contribution in [2.75, 3.05) is 18.1 Å². The third-order valence-corrected chi connectivity index (χ3v) is 2.80. The molecule has 0 fully saturated rings. The molecule has 0 aromatic heterocycles. The minimum absolute atomic E-state index is 0.0913. The Morgan fingerprint density at radius 2 is 1.94 bits per heavy atom. The fourth-order valence-electron chi connectivity index (χ4n) is 1.89. The average Bonchev–Trinajstić information content (AvgIpc) is 2.24. The van der Waals surface area contributed by atoms with Gasteiger partial charge in [-0.15, -0.1) is 0 Å². The predicted molar refractivity (Wildman–Crippen MR) is 70.3 cm³/mol. The van der Waals surface area contributed by atoms with Gasteiger partial charge in [0.2, 0.25) is 0 Å². The topological polar surface area (TPSA) is 69.7 Å². The second-order valence-corrected chi connectivity index (χ2v) is 4.54. The highest BCUT2D eigenvalue weighted by atomic mass is 16.3. The standard InChI is InChI=1S/C13H22N2O2/c1-9(2)15(6-7-16)11-4-5-12(10(3)14)13(17)8-11/h4-5,8-10,16-17H,6-7,14H2,1-3H3. The number of hydrogen-bond acceptors (Lipinski definition) is 4. The molecule has 0 aliphatic carbocycles. The first-order valence-electron chi connectivity index (χ1n) is 5.93. The monoisotopic (exact) mass is 238 g/mol. The van der Waals surface area contributed by atoms with Crippen LogP contribution < -0.4 is 10.6 Å². The lowest BCUT2D eigenvalue weighted by molar-refractivity contribution is 0.299. The highest BCUT2D eigenvalue weighted by Gasteiger charge is 2.13. The molecule has 0 aliphatic heterocycles. The third-order valence-electron chi connectivity index (χ3n) is 2.80. The van der Waals surface area contributed by atoms with E-state index in [1.54, 1.807) is 6.07 Å². The lowest BCUT2D eigenvalue weighted by Gasteiger charge is -2.28. The van der Waals surface area contributed by atoms with E-state index >= 15 is 0 Å². The van der Waals surface area contributed by atoms with Gasteiger partial charge in [0.05, 0.1) is 6.61 Å². The molecule has 0 amide bonds. The minimum atomic E-state index is -0.186. The lowest BCUT2D eigenvalue weighted by atomic mass is 10.1. The van der Waals surface area contributed by atoms with Gasteiger partial charge in [-0.05, 0) is 26.8 Å². The van der Waals surface area contributed by atoms with Gasteiger partial charge in [0.1, 0.15) is 5.75 Å². The van der Waals surface area contributed by atoms with Gasteiger partial charge in [-0.25, -0.2) is 0 Å². The van der Waals surface area contributed by atoms with Gasteiger partial charge in [-0.3, -0.25) is 0 Å². The number of aliphatic hydroxyl groups excluding tert-OH is 1. The van der Waals surface area contributed by atoms with E-state index in [1.807, 2.05) is 37.8 Å². The number of aromatic hydroxyl groups is 1. The Labute approximate surface area is 103 Å². The summed E-state index contributed by atoms with van der Waals surface area (Å²) in [5.74, 6) is 0.209. The van der Waals surface area contributed by atoms with Gasteiger partial charge in [0.25, 0.3) is 0 Å². The maximum Gasteiger partial charge on any atom is 0.122 e. The molecular weight excluding hydrogens is 216 g/mol. The van der Waals surface area contributed by atoms with Gasteiger partial charge in [0, 0.05) is 35.9 Å². The number of benzene rings is 1. The Bertz CT molecular complexity index is 364. The van der Waals surface area contributed by atoms with Gasteiger partial charge in [-0.1, -0.05) is 6.07 Å². The Morgan fingerprint density at radius 1 is 1.29 bits per heavy atom. The van der Waals surface area contributed by atoms with E-state index in [0.717, 1.165) is 11.3 Å². The number of nitrogens with two attached hydrogens (primary N) is 1. The van der Waals surface area contributed by atoms with Crippen molar-refractivity contribution >= 4 is 5.69 Å². The summed E-state index contributed by atoms with van der Waals surface area (Å²) in [6, 6.07) is 5.54. The number of nitrogens with zero attached hydrogens (tertiary/aromatic N) is 1. The van der Waals surface area contributed by atoms with Gasteiger partial charge in [0.15, 0.2) is 0 Å². The molecule has 4 heteroatoms. The Balaban J connectivity index is 3.02. The van der Waals surface area contributed by atoms with Gasteiger partial charge >= 0.3 is 0 Å². The molecule has 0 spiro atoms. The molecule has 1 aromatic rings. The first-order chi connectivity index (χ1) is 7.97. The number of rotatable bonds is 5. The van der Waals surface area contributed by atoms with Gasteiger partial charge < -0.3 is 20.8 Å². The van der Waals surface area contributed by atoms with Gasteiger partial charge in [-0.2, -0.15) is 0 Å². The van der Waals surface area contributed by atoms with E-state index in [2.05, 4.69) is 0 Å². The molecule has 1 unspecified atom stereocenters. The van der Waals surface area contributed by atoms with Crippen molar-refractivity contribution in [2.45, 2.75) is 32.9 Å². The molecule has 17 heavy (non-hydrogen) atoms. The average molecular weight is 238 g/mol. The molecule has 1 rings (SSSR count). The molecule has 4 N–H and O–H groups in total. The van der Waals surface area contributed by atoms with E-state index in [-0.39, 0.29) is 24.4 Å². The van der Waals surface area contributed by atoms with Crippen molar-refractivity contribution in [3.63, 3.8) is 0 Å². The van der Waals surface area contributed by atoms with Crippen molar-refractivity contribution in [1.82, 2.24) is 0 Å². The maximum atomic E-state index is 9.89. The van der Waals surface area contributed by atoms with E-state index in [1.165, 1.54) is 0 Å². The first-order valence-corrected chi connectivity index (χ1v) is 5.93. The fourth-order valence-corrected chi connectivity index (χ4v) is 1.89. The largest absolute Gasteiger partial charge is 0.508 e. The lowest BCUT2D eigenvalue weighted by Crippen LogP contribution is -2.33. The molecule has 0 radical (unpaired) electrons. The van der Waals surface area contributed by atoms with Crippen LogP contribution in [0.15, 0.2) is 18.2 Å². The summed E-state index contributed by atoms with van der Waals surface area (Å²) in [4.78, 5) is 2.03. The summed E-state index contributed by atoms with van der Waals surface area (Å²) in [6.45, 7) is 6.57. The Kier molecular flexibility index (Phi) is 4.78. The summed E-state index contributed by atoms with van der Waals surface area (Å²) in [7, 11) is 0. The van der Waals surface area contributed by atoms with Crippen LogP contribution in [0.2, 0.25) is 0 Å². The molecule has 4 nitrogen and oxygen atoms in total. The van der Waals surface area contributed by atoms with Crippen LogP contribution in [0.1, 0.15) is 32.4 Å². The molecule has 0 saturated heterocycles. The van der Waals surface area contributed by atoms with E-state index in [4.69, 9.17) is 10.8 Å². The molecule has 1 aromatic carbocycles. The molecule has 0 saturated carbocycles. The second-order valence-electron chi connectivity index (χ2n) is 4.54. The summed E-state index contributed by atoms with van der Waals surface area (Å²) in [5.41, 5.74) is 7.38. The smallest absolute Gasteiger partial charge is 0.122 e. The van der Waals surface area contributed by atoms with Crippen molar-refractivity contribution in [3.05, 3.63) is 23.8 Å². The summed E-state index contributed by atoms with van der Waals surface area (Å²) < 4.78 is 0. The Hall–Kier alpha value is -1.26. The molecular formula is C13H22N2O2. The number of phenolic OH excluding ortho intramolecular Hbond substituents is 1. The number of phenols is 1. The van der Waals surface area contributed by atoms with Crippen LogP contribution in [0.3, 0.4) is 0 Å². The molecule has 0 bridgehead atoms. The van der Waals surface area contributed by atoms with Crippen molar-refractivity contribution in [2.24, 2.45) is 5.73 Å².